The molecule has 3 aromatic heterocycles. The third-order valence-electron chi connectivity index (χ3n) is 10.6. The van der Waals surface area contributed by atoms with Gasteiger partial charge in [-0.15, -0.1) is 0 Å². The average molecular weight is 717 g/mol. The fraction of sp³-hybridized carbons (Fsp3) is 0. The number of rotatable bonds is 6. The molecule has 0 radical (unpaired) electrons. The summed E-state index contributed by atoms with van der Waals surface area (Å²) in [5.74, 6) is 1.87. The number of para-hydroxylation sites is 1. The second kappa shape index (κ2) is 13.0. The van der Waals surface area contributed by atoms with Crippen molar-refractivity contribution in [1.82, 2.24) is 19.5 Å². The first-order valence-electron chi connectivity index (χ1n) is 18.8. The third-order valence-corrected chi connectivity index (χ3v) is 10.6. The van der Waals surface area contributed by atoms with Crippen molar-refractivity contribution in [2.24, 2.45) is 0 Å². The molecule has 8 aromatic carbocycles. The lowest BCUT2D eigenvalue weighted by atomic mass is 9.97. The number of hydrogen-bond donors (Lipinski definition) is 0. The van der Waals surface area contributed by atoms with Crippen molar-refractivity contribution in [3.63, 3.8) is 0 Å². The molecule has 5 nitrogen and oxygen atoms in total. The minimum absolute atomic E-state index is 0.617. The van der Waals surface area contributed by atoms with E-state index < -0.39 is 0 Å². The second-order valence-corrected chi connectivity index (χ2v) is 14.0. The third kappa shape index (κ3) is 5.21. The van der Waals surface area contributed by atoms with Gasteiger partial charge < -0.3 is 8.98 Å². The molecule has 0 amide bonds. The minimum Gasteiger partial charge on any atom is -0.455 e. The Morgan fingerprint density at radius 2 is 0.839 bits per heavy atom. The summed E-state index contributed by atoms with van der Waals surface area (Å²) in [6.07, 6.45) is 0. The van der Waals surface area contributed by atoms with Crippen molar-refractivity contribution in [3.8, 4) is 62.1 Å². The quantitative estimate of drug-likeness (QED) is 0.172. The summed E-state index contributed by atoms with van der Waals surface area (Å²) in [5.41, 5.74) is 12.1. The largest absolute Gasteiger partial charge is 0.455 e. The van der Waals surface area contributed by atoms with Crippen molar-refractivity contribution in [2.45, 2.75) is 0 Å². The Balaban J connectivity index is 1.26. The molecule has 11 aromatic rings. The van der Waals surface area contributed by atoms with E-state index in [0.29, 0.717) is 17.5 Å². The summed E-state index contributed by atoms with van der Waals surface area (Å²) in [6, 6.07) is 67.4. The fourth-order valence-electron chi connectivity index (χ4n) is 8.13. The maximum atomic E-state index is 6.60. The van der Waals surface area contributed by atoms with Gasteiger partial charge in [0.2, 0.25) is 0 Å². The van der Waals surface area contributed by atoms with Crippen molar-refractivity contribution in [1.29, 1.82) is 0 Å². The predicted octanol–water partition coefficient (Wildman–Crippen LogP) is 13.2. The number of aromatic nitrogens is 4. The Labute approximate surface area is 322 Å². The van der Waals surface area contributed by atoms with Crippen LogP contribution in [0.3, 0.4) is 0 Å². The molecule has 0 atom stereocenters. The monoisotopic (exact) mass is 716 g/mol. The Hall–Kier alpha value is -7.63. The molecule has 11 rings (SSSR count). The van der Waals surface area contributed by atoms with Crippen LogP contribution in [0.4, 0.5) is 0 Å². The highest BCUT2D eigenvalue weighted by molar-refractivity contribution is 6.21. The van der Waals surface area contributed by atoms with Crippen LogP contribution in [0.25, 0.3) is 106 Å². The lowest BCUT2D eigenvalue weighted by Crippen LogP contribution is -2.00. The summed E-state index contributed by atoms with van der Waals surface area (Å²) in [4.78, 5) is 15.4. The summed E-state index contributed by atoms with van der Waals surface area (Å²) < 4.78 is 9.00. The zero-order valence-electron chi connectivity index (χ0n) is 30.2. The molecule has 5 heteroatoms. The lowest BCUT2D eigenvalue weighted by Gasteiger charge is -2.12. The molecule has 0 aliphatic heterocycles. The summed E-state index contributed by atoms with van der Waals surface area (Å²) >= 11 is 0. The SMILES string of the molecule is c1ccc(-c2nc(-c3ccccc3)nc(-c3cccc4c3c3c(-c5ccccc5)cccc3n4-c3cc(-c4ccccc4)c4oc5ccccc5c4c3)n2)cc1. The van der Waals surface area contributed by atoms with Gasteiger partial charge >= 0.3 is 0 Å². The smallest absolute Gasteiger partial charge is 0.164 e. The van der Waals surface area contributed by atoms with Gasteiger partial charge in [0.15, 0.2) is 17.5 Å². The normalized spacial score (nSPS) is 11.6. The van der Waals surface area contributed by atoms with Crippen LogP contribution in [0.2, 0.25) is 0 Å². The van der Waals surface area contributed by atoms with E-state index in [2.05, 4.69) is 126 Å². The highest BCUT2D eigenvalue weighted by Crippen LogP contribution is 2.45. The molecule has 0 unspecified atom stereocenters. The Morgan fingerprint density at radius 3 is 1.45 bits per heavy atom. The Kier molecular flexibility index (Phi) is 7.42. The highest BCUT2D eigenvalue weighted by Gasteiger charge is 2.23. The van der Waals surface area contributed by atoms with E-state index >= 15 is 0 Å². The van der Waals surface area contributed by atoms with E-state index in [1.165, 1.54) is 0 Å². The molecule has 0 N–H and O–H groups in total. The van der Waals surface area contributed by atoms with Gasteiger partial charge in [-0.3, -0.25) is 0 Å². The molecule has 0 bridgehead atoms. The number of furan rings is 1. The average Bonchev–Trinajstić information content (AvgIpc) is 3.83. The van der Waals surface area contributed by atoms with Crippen LogP contribution in [-0.4, -0.2) is 19.5 Å². The number of nitrogens with zero attached hydrogens (tertiary/aromatic N) is 4. The number of benzene rings is 8. The van der Waals surface area contributed by atoms with Gasteiger partial charge in [-0.1, -0.05) is 164 Å². The first-order chi connectivity index (χ1) is 27.8. The van der Waals surface area contributed by atoms with E-state index in [4.69, 9.17) is 19.4 Å². The molecule has 56 heavy (non-hydrogen) atoms. The van der Waals surface area contributed by atoms with Crippen LogP contribution in [0.1, 0.15) is 0 Å². The lowest BCUT2D eigenvalue weighted by molar-refractivity contribution is 0.670. The van der Waals surface area contributed by atoms with Gasteiger partial charge in [-0.05, 0) is 47.0 Å². The first kappa shape index (κ1) is 31.9. The van der Waals surface area contributed by atoms with E-state index in [9.17, 15) is 0 Å². The zero-order valence-corrected chi connectivity index (χ0v) is 30.2. The van der Waals surface area contributed by atoms with Gasteiger partial charge in [0.05, 0.1) is 11.0 Å². The zero-order chi connectivity index (χ0) is 37.0. The second-order valence-electron chi connectivity index (χ2n) is 14.0. The predicted molar refractivity (Wildman–Crippen MR) is 229 cm³/mol. The van der Waals surface area contributed by atoms with E-state index in [0.717, 1.165) is 88.4 Å². The van der Waals surface area contributed by atoms with Crippen LogP contribution in [0.5, 0.6) is 0 Å². The van der Waals surface area contributed by atoms with Crippen molar-refractivity contribution in [2.75, 3.05) is 0 Å². The summed E-state index contributed by atoms with van der Waals surface area (Å²) in [7, 11) is 0. The summed E-state index contributed by atoms with van der Waals surface area (Å²) in [6.45, 7) is 0. The van der Waals surface area contributed by atoms with Crippen LogP contribution < -0.4 is 0 Å². The molecular formula is C51H32N4O. The van der Waals surface area contributed by atoms with Crippen molar-refractivity contribution >= 4 is 43.7 Å². The Bertz CT molecular complexity index is 3170. The standard InChI is InChI=1S/C51H32N4O/c1-5-17-33(18-6-1)38-26-15-28-43-46(38)47-40(51-53-49(35-21-9-3-10-22-35)52-50(54-51)36-23-11-4-12-24-36)27-16-29-44(47)55(43)37-31-41(34-19-7-2-8-20-34)48-42(32-37)39-25-13-14-30-45(39)56-48/h1-32H. The first-order valence-corrected chi connectivity index (χ1v) is 18.8. The molecular weight excluding hydrogens is 685 g/mol. The highest BCUT2D eigenvalue weighted by atomic mass is 16.3. The summed E-state index contributed by atoms with van der Waals surface area (Å²) in [5, 5.41) is 4.36. The Morgan fingerprint density at radius 1 is 0.357 bits per heavy atom. The van der Waals surface area contributed by atoms with E-state index in [-0.39, 0.29) is 0 Å². The maximum Gasteiger partial charge on any atom is 0.164 e. The van der Waals surface area contributed by atoms with Crippen LogP contribution >= 0.6 is 0 Å². The van der Waals surface area contributed by atoms with Crippen molar-refractivity contribution in [3.05, 3.63) is 194 Å². The van der Waals surface area contributed by atoms with Crippen molar-refractivity contribution < 1.29 is 4.42 Å². The van der Waals surface area contributed by atoms with Gasteiger partial charge in [0.1, 0.15) is 11.2 Å². The van der Waals surface area contributed by atoms with E-state index in [1.807, 2.05) is 72.8 Å². The fourth-order valence-corrected chi connectivity index (χ4v) is 8.13. The van der Waals surface area contributed by atoms with Crippen LogP contribution in [-0.2, 0) is 0 Å². The minimum atomic E-state index is 0.617. The molecule has 0 aliphatic rings. The number of fused-ring (bicyclic) bond motifs is 6. The molecule has 3 heterocycles. The van der Waals surface area contributed by atoms with Crippen LogP contribution in [0.15, 0.2) is 199 Å². The van der Waals surface area contributed by atoms with Gasteiger partial charge in [-0.2, -0.15) is 0 Å². The van der Waals surface area contributed by atoms with Gasteiger partial charge in [0.25, 0.3) is 0 Å². The number of hydrogen-bond acceptors (Lipinski definition) is 4. The van der Waals surface area contributed by atoms with E-state index in [1.54, 1.807) is 0 Å². The molecule has 262 valence electrons. The molecule has 0 fully saturated rings. The van der Waals surface area contributed by atoms with Crippen LogP contribution in [0, 0.1) is 0 Å². The molecule has 0 spiro atoms. The van der Waals surface area contributed by atoms with Gasteiger partial charge in [-0.25, -0.2) is 15.0 Å². The molecule has 0 saturated heterocycles. The molecule has 0 aliphatic carbocycles. The molecule has 0 saturated carbocycles. The maximum absolute atomic E-state index is 6.60. The van der Waals surface area contributed by atoms with Gasteiger partial charge in [0, 0.05) is 49.5 Å². The topological polar surface area (TPSA) is 56.7 Å².